The molecule has 1 aromatic rings. The van der Waals surface area contributed by atoms with E-state index in [0.717, 1.165) is 38.4 Å². The SMILES string of the molecule is C[Si](C)(C)CCOCn1cc(/C=C/C(=O)O)nc(N2CC3(COC3)C2)c1=O. The fourth-order valence-electron chi connectivity index (χ4n) is 3.11. The Morgan fingerprint density at radius 1 is 1.41 bits per heavy atom. The molecule has 0 saturated carbocycles. The first kappa shape index (κ1) is 19.8. The predicted octanol–water partition coefficient (Wildman–Crippen LogP) is 1.49. The molecule has 1 spiro atoms. The molecule has 0 aromatic carbocycles. The van der Waals surface area contributed by atoms with Crippen molar-refractivity contribution in [2.24, 2.45) is 5.41 Å². The molecule has 3 rings (SSSR count). The smallest absolute Gasteiger partial charge is 0.328 e. The van der Waals surface area contributed by atoms with Gasteiger partial charge >= 0.3 is 5.97 Å². The van der Waals surface area contributed by atoms with Gasteiger partial charge in [0.2, 0.25) is 0 Å². The summed E-state index contributed by atoms with van der Waals surface area (Å²) in [6, 6.07) is 1.01. The number of aromatic nitrogens is 2. The van der Waals surface area contributed by atoms with E-state index in [0.29, 0.717) is 18.1 Å². The molecule has 27 heavy (non-hydrogen) atoms. The van der Waals surface area contributed by atoms with Gasteiger partial charge in [0.05, 0.1) is 24.3 Å². The summed E-state index contributed by atoms with van der Waals surface area (Å²) >= 11 is 0. The Balaban J connectivity index is 1.76. The van der Waals surface area contributed by atoms with Crippen LogP contribution in [0.2, 0.25) is 25.7 Å². The van der Waals surface area contributed by atoms with Gasteiger partial charge in [0.1, 0.15) is 6.73 Å². The average molecular weight is 394 g/mol. The first-order valence-corrected chi connectivity index (χ1v) is 12.8. The van der Waals surface area contributed by atoms with Crippen molar-refractivity contribution in [3.05, 3.63) is 28.3 Å². The monoisotopic (exact) mass is 393 g/mol. The third-order valence-corrected chi connectivity index (χ3v) is 6.47. The Labute approximate surface area is 159 Å². The van der Waals surface area contributed by atoms with E-state index in [9.17, 15) is 9.59 Å². The Morgan fingerprint density at radius 3 is 2.67 bits per heavy atom. The molecule has 0 atom stereocenters. The van der Waals surface area contributed by atoms with Gasteiger partial charge in [-0.1, -0.05) is 19.6 Å². The van der Waals surface area contributed by atoms with Gasteiger partial charge in [0, 0.05) is 40.0 Å². The number of hydrogen-bond donors (Lipinski definition) is 1. The number of carboxylic acid groups (broad SMARTS) is 1. The number of carboxylic acids is 1. The zero-order valence-electron chi connectivity index (χ0n) is 16.1. The fourth-order valence-corrected chi connectivity index (χ4v) is 3.87. The lowest BCUT2D eigenvalue weighted by molar-refractivity contribution is -0.131. The van der Waals surface area contributed by atoms with Gasteiger partial charge in [-0.05, 0) is 12.1 Å². The minimum atomic E-state index is -1.21. The molecule has 0 unspecified atom stereocenters. The second-order valence-electron chi connectivity index (χ2n) is 8.63. The highest BCUT2D eigenvalue weighted by Gasteiger charge is 2.50. The summed E-state index contributed by atoms with van der Waals surface area (Å²) in [5.74, 6) is -0.717. The maximum atomic E-state index is 12.8. The van der Waals surface area contributed by atoms with Crippen molar-refractivity contribution in [2.75, 3.05) is 37.8 Å². The molecule has 2 aliphatic heterocycles. The fraction of sp³-hybridized carbons (Fsp3) is 0.611. The molecule has 2 aliphatic rings. The van der Waals surface area contributed by atoms with Crippen molar-refractivity contribution in [3.8, 4) is 0 Å². The van der Waals surface area contributed by atoms with E-state index in [1.807, 2.05) is 4.90 Å². The maximum Gasteiger partial charge on any atom is 0.328 e. The highest BCUT2D eigenvalue weighted by molar-refractivity contribution is 6.76. The van der Waals surface area contributed by atoms with Gasteiger partial charge in [-0.25, -0.2) is 9.78 Å². The van der Waals surface area contributed by atoms with Crippen LogP contribution in [0.1, 0.15) is 5.69 Å². The van der Waals surface area contributed by atoms with E-state index in [1.165, 1.54) is 10.6 Å². The van der Waals surface area contributed by atoms with Gasteiger partial charge in [-0.3, -0.25) is 9.36 Å². The highest BCUT2D eigenvalue weighted by atomic mass is 28.3. The van der Waals surface area contributed by atoms with Gasteiger partial charge in [0.15, 0.2) is 5.82 Å². The van der Waals surface area contributed by atoms with Crippen LogP contribution in [-0.2, 0) is 21.0 Å². The van der Waals surface area contributed by atoms with E-state index in [-0.39, 0.29) is 17.7 Å². The number of carbonyl (C=O) groups is 1. The van der Waals surface area contributed by atoms with Crippen LogP contribution in [0.3, 0.4) is 0 Å². The minimum Gasteiger partial charge on any atom is -0.478 e. The lowest BCUT2D eigenvalue weighted by atomic mass is 9.78. The quantitative estimate of drug-likeness (QED) is 0.406. The van der Waals surface area contributed by atoms with E-state index < -0.39 is 14.0 Å². The lowest BCUT2D eigenvalue weighted by Crippen LogP contribution is -2.67. The number of hydrogen-bond acceptors (Lipinski definition) is 6. The molecule has 0 radical (unpaired) electrons. The van der Waals surface area contributed by atoms with E-state index >= 15 is 0 Å². The normalized spacial score (nSPS) is 18.6. The maximum absolute atomic E-state index is 12.8. The zero-order chi connectivity index (χ0) is 19.7. The van der Waals surface area contributed by atoms with Crippen LogP contribution in [0, 0.1) is 5.41 Å². The molecule has 0 bridgehead atoms. The Bertz CT molecular complexity index is 787. The molecule has 0 aliphatic carbocycles. The first-order chi connectivity index (χ1) is 12.7. The summed E-state index contributed by atoms with van der Waals surface area (Å²) in [5.41, 5.74) is 0.358. The molecule has 1 N–H and O–H groups in total. The van der Waals surface area contributed by atoms with Gasteiger partial charge in [0.25, 0.3) is 5.56 Å². The summed E-state index contributed by atoms with van der Waals surface area (Å²) < 4.78 is 12.5. The largest absolute Gasteiger partial charge is 0.478 e. The summed E-state index contributed by atoms with van der Waals surface area (Å²) in [7, 11) is -1.21. The molecule has 2 fully saturated rings. The third kappa shape index (κ3) is 4.85. The number of ether oxygens (including phenoxy) is 2. The van der Waals surface area contributed by atoms with E-state index in [4.69, 9.17) is 14.6 Å². The molecular formula is C18H27N3O5Si. The van der Waals surface area contributed by atoms with E-state index in [2.05, 4.69) is 24.6 Å². The van der Waals surface area contributed by atoms with Crippen LogP contribution in [0.4, 0.5) is 5.82 Å². The molecule has 148 valence electrons. The van der Waals surface area contributed by atoms with Crippen LogP contribution in [0.5, 0.6) is 0 Å². The summed E-state index contributed by atoms with van der Waals surface area (Å²) in [6.07, 6.45) is 3.96. The van der Waals surface area contributed by atoms with Crippen LogP contribution < -0.4 is 10.5 Å². The number of aliphatic carboxylic acids is 1. The van der Waals surface area contributed by atoms with Crippen LogP contribution in [-0.4, -0.2) is 61.6 Å². The van der Waals surface area contributed by atoms with Gasteiger partial charge in [-0.15, -0.1) is 0 Å². The van der Waals surface area contributed by atoms with Gasteiger partial charge in [-0.2, -0.15) is 0 Å². The Kier molecular flexibility index (Phi) is 5.54. The van der Waals surface area contributed by atoms with Crippen molar-refractivity contribution >= 4 is 25.9 Å². The molecule has 8 nitrogen and oxygen atoms in total. The van der Waals surface area contributed by atoms with Crippen LogP contribution in [0.25, 0.3) is 6.08 Å². The second kappa shape index (κ2) is 7.57. The molecule has 1 aromatic heterocycles. The number of anilines is 1. The number of rotatable bonds is 8. The summed E-state index contributed by atoms with van der Waals surface area (Å²) in [6.45, 7) is 10.4. The van der Waals surface area contributed by atoms with Crippen molar-refractivity contribution in [3.63, 3.8) is 0 Å². The second-order valence-corrected chi connectivity index (χ2v) is 14.3. The summed E-state index contributed by atoms with van der Waals surface area (Å²) in [4.78, 5) is 29.9. The average Bonchev–Trinajstić information content (AvgIpc) is 2.49. The highest BCUT2D eigenvalue weighted by Crippen LogP contribution is 2.38. The zero-order valence-corrected chi connectivity index (χ0v) is 17.1. The lowest BCUT2D eigenvalue weighted by Gasteiger charge is -2.55. The van der Waals surface area contributed by atoms with E-state index in [1.54, 1.807) is 6.20 Å². The molecule has 3 heterocycles. The summed E-state index contributed by atoms with van der Waals surface area (Å²) in [5, 5.41) is 8.86. The van der Waals surface area contributed by atoms with Crippen LogP contribution in [0.15, 0.2) is 17.1 Å². The van der Waals surface area contributed by atoms with Crippen LogP contribution >= 0.6 is 0 Å². The molecule has 0 amide bonds. The minimum absolute atomic E-state index is 0.134. The van der Waals surface area contributed by atoms with Crippen molar-refractivity contribution < 1.29 is 19.4 Å². The predicted molar refractivity (Wildman–Crippen MR) is 105 cm³/mol. The first-order valence-electron chi connectivity index (χ1n) is 9.10. The molecule has 9 heteroatoms. The van der Waals surface area contributed by atoms with Crippen molar-refractivity contribution in [2.45, 2.75) is 32.4 Å². The van der Waals surface area contributed by atoms with Crippen molar-refractivity contribution in [1.29, 1.82) is 0 Å². The molecular weight excluding hydrogens is 366 g/mol. The van der Waals surface area contributed by atoms with Crippen molar-refractivity contribution in [1.82, 2.24) is 9.55 Å². The number of nitrogens with zero attached hydrogens (tertiary/aromatic N) is 3. The Morgan fingerprint density at radius 2 is 2.11 bits per heavy atom. The topological polar surface area (TPSA) is 93.9 Å². The molecule has 2 saturated heterocycles. The Hall–Kier alpha value is -1.97. The third-order valence-electron chi connectivity index (χ3n) is 4.77. The van der Waals surface area contributed by atoms with Gasteiger partial charge < -0.3 is 19.5 Å². The standard InChI is InChI=1S/C18H27N3O5Si/c1-27(2,3)7-6-25-13-20-8-14(4-5-15(22)23)19-16(17(20)24)21-9-18(10-21)11-26-12-18/h4-5,8H,6-7,9-13H2,1-3H3,(H,22,23)/b5-4+.